The fourth-order valence-electron chi connectivity index (χ4n) is 3.73. The van der Waals surface area contributed by atoms with Crippen molar-refractivity contribution >= 4 is 0 Å². The van der Waals surface area contributed by atoms with Gasteiger partial charge in [-0.15, -0.1) is 0 Å². The summed E-state index contributed by atoms with van der Waals surface area (Å²) in [7, 11) is 3.32. The van der Waals surface area contributed by atoms with Crippen molar-refractivity contribution in [2.45, 2.75) is 40.0 Å². The van der Waals surface area contributed by atoms with Crippen LogP contribution in [0.1, 0.15) is 48.0 Å². The summed E-state index contributed by atoms with van der Waals surface area (Å²) in [5.41, 5.74) is 6.07. The summed E-state index contributed by atoms with van der Waals surface area (Å²) in [5.74, 6) is 3.11. The molecule has 0 amide bonds. The lowest BCUT2D eigenvalue weighted by Gasteiger charge is -2.15. The zero-order chi connectivity index (χ0) is 22.8. The molecule has 0 unspecified atom stereocenters. The van der Waals surface area contributed by atoms with Gasteiger partial charge in [0.15, 0.2) is 11.5 Å². The molecular formula is C24H29N6O2+. The quantitative estimate of drug-likeness (QED) is 0.432. The number of aromatic nitrogens is 6. The summed E-state index contributed by atoms with van der Waals surface area (Å²) in [6, 6.07) is 8.14. The van der Waals surface area contributed by atoms with Gasteiger partial charge in [-0.05, 0) is 47.7 Å². The molecule has 166 valence electrons. The number of pyridine rings is 1. The smallest absolute Gasteiger partial charge is 0.262 e. The van der Waals surface area contributed by atoms with Crippen LogP contribution in [0.5, 0.6) is 11.6 Å². The molecule has 0 bridgehead atoms. The number of H-pyrrole nitrogens is 2. The molecule has 3 aromatic heterocycles. The predicted octanol–water partition coefficient (Wildman–Crippen LogP) is 3.82. The number of imidazole rings is 1. The molecule has 0 aliphatic rings. The van der Waals surface area contributed by atoms with Crippen LogP contribution in [0.25, 0.3) is 17.2 Å². The molecule has 4 aromatic rings. The van der Waals surface area contributed by atoms with Crippen LogP contribution in [-0.2, 0) is 6.42 Å². The Morgan fingerprint density at radius 3 is 2.53 bits per heavy atom. The van der Waals surface area contributed by atoms with Crippen molar-refractivity contribution in [1.29, 1.82) is 0 Å². The normalized spacial score (nSPS) is 11.2. The van der Waals surface area contributed by atoms with Crippen molar-refractivity contribution in [1.82, 2.24) is 25.1 Å². The number of nitrogens with one attached hydrogen (secondary N) is 2. The lowest BCUT2D eigenvalue weighted by molar-refractivity contribution is -0.595. The van der Waals surface area contributed by atoms with Gasteiger partial charge in [-0.25, -0.2) is 15.0 Å². The van der Waals surface area contributed by atoms with Gasteiger partial charge in [0.25, 0.3) is 5.88 Å². The Morgan fingerprint density at radius 1 is 1.06 bits per heavy atom. The van der Waals surface area contributed by atoms with Crippen LogP contribution < -0.4 is 14.0 Å². The van der Waals surface area contributed by atoms with Gasteiger partial charge < -0.3 is 9.47 Å². The van der Waals surface area contributed by atoms with Crippen molar-refractivity contribution in [3.05, 3.63) is 65.0 Å². The van der Waals surface area contributed by atoms with E-state index in [1.165, 1.54) is 11.1 Å². The van der Waals surface area contributed by atoms with Crippen molar-refractivity contribution in [3.63, 3.8) is 0 Å². The first-order chi connectivity index (χ1) is 15.4. The van der Waals surface area contributed by atoms with Crippen molar-refractivity contribution in [2.24, 2.45) is 0 Å². The van der Waals surface area contributed by atoms with E-state index in [0.29, 0.717) is 29.7 Å². The minimum absolute atomic E-state index is 0.367. The molecule has 0 aliphatic carbocycles. The third kappa shape index (κ3) is 4.21. The molecule has 0 saturated carbocycles. The van der Waals surface area contributed by atoms with E-state index >= 15 is 0 Å². The summed E-state index contributed by atoms with van der Waals surface area (Å²) in [6.07, 6.45) is 4.49. The molecular weight excluding hydrogens is 404 g/mol. The number of benzene rings is 1. The average molecular weight is 434 g/mol. The second-order valence-corrected chi connectivity index (χ2v) is 8.18. The van der Waals surface area contributed by atoms with E-state index in [0.717, 1.165) is 28.5 Å². The summed E-state index contributed by atoms with van der Waals surface area (Å²) in [6.45, 7) is 8.41. The standard InChI is InChI=1S/C24H28N6O2/c1-14(2)18-10-17(15(3)9-21(18)31-5)11-22-27-23(29-28-22)19-7-8-20(24(26-19)32-6)30-12-16(4)25-13-30/h7-10,12-14H,11H2,1-6H3,(H,26,27,28,29)/p+1. The largest absolute Gasteiger partial charge is 0.496 e. The highest BCUT2D eigenvalue weighted by Crippen LogP contribution is 2.30. The van der Waals surface area contributed by atoms with Gasteiger partial charge >= 0.3 is 0 Å². The van der Waals surface area contributed by atoms with Crippen LogP contribution in [0.2, 0.25) is 0 Å². The molecule has 4 rings (SSSR count). The monoisotopic (exact) mass is 433 g/mol. The first-order valence-corrected chi connectivity index (χ1v) is 10.6. The van der Waals surface area contributed by atoms with Crippen molar-refractivity contribution in [2.75, 3.05) is 14.2 Å². The highest BCUT2D eigenvalue weighted by molar-refractivity contribution is 5.53. The summed E-state index contributed by atoms with van der Waals surface area (Å²) < 4.78 is 13.0. The Morgan fingerprint density at radius 2 is 1.88 bits per heavy atom. The fourth-order valence-corrected chi connectivity index (χ4v) is 3.73. The van der Waals surface area contributed by atoms with Gasteiger partial charge in [0.2, 0.25) is 6.33 Å². The van der Waals surface area contributed by atoms with Crippen molar-refractivity contribution < 1.29 is 14.0 Å². The first kappa shape index (κ1) is 21.5. The van der Waals surface area contributed by atoms with Gasteiger partial charge in [-0.1, -0.05) is 19.9 Å². The Kier molecular flexibility index (Phi) is 5.94. The zero-order valence-electron chi connectivity index (χ0n) is 19.4. The molecule has 0 aliphatic heterocycles. The van der Waals surface area contributed by atoms with E-state index in [-0.39, 0.29) is 0 Å². The topological polar surface area (TPSA) is 92.6 Å². The second kappa shape index (κ2) is 8.82. The average Bonchev–Trinajstić information content (AvgIpc) is 3.43. The third-order valence-corrected chi connectivity index (χ3v) is 5.50. The van der Waals surface area contributed by atoms with Crippen LogP contribution in [0, 0.1) is 13.8 Å². The van der Waals surface area contributed by atoms with E-state index in [9.17, 15) is 0 Å². The Labute approximate surface area is 187 Å². The number of aryl methyl sites for hydroxylation is 2. The van der Waals surface area contributed by atoms with Gasteiger partial charge in [0, 0.05) is 13.3 Å². The Bertz CT molecular complexity index is 1240. The summed E-state index contributed by atoms with van der Waals surface area (Å²) in [4.78, 5) is 12.5. The van der Waals surface area contributed by atoms with Gasteiger partial charge in [-0.2, -0.15) is 9.67 Å². The number of ether oxygens (including phenoxy) is 2. The molecule has 0 radical (unpaired) electrons. The van der Waals surface area contributed by atoms with Crippen LogP contribution in [-0.4, -0.2) is 39.4 Å². The molecule has 0 atom stereocenters. The van der Waals surface area contributed by atoms with E-state index < -0.39 is 0 Å². The van der Waals surface area contributed by atoms with E-state index in [1.807, 2.05) is 36.1 Å². The van der Waals surface area contributed by atoms with E-state index in [2.05, 4.69) is 58.1 Å². The molecule has 32 heavy (non-hydrogen) atoms. The van der Waals surface area contributed by atoms with E-state index in [1.54, 1.807) is 14.2 Å². The highest BCUT2D eigenvalue weighted by Gasteiger charge is 2.18. The first-order valence-electron chi connectivity index (χ1n) is 10.6. The van der Waals surface area contributed by atoms with Gasteiger partial charge in [-0.3, -0.25) is 5.10 Å². The van der Waals surface area contributed by atoms with Crippen LogP contribution >= 0.6 is 0 Å². The molecule has 3 heterocycles. The molecule has 2 N–H and O–H groups in total. The third-order valence-electron chi connectivity index (χ3n) is 5.50. The fraction of sp³-hybridized carbons (Fsp3) is 0.333. The predicted molar refractivity (Wildman–Crippen MR) is 121 cm³/mol. The van der Waals surface area contributed by atoms with E-state index in [4.69, 9.17) is 9.47 Å². The zero-order valence-corrected chi connectivity index (χ0v) is 19.4. The van der Waals surface area contributed by atoms with Crippen LogP contribution in [0.3, 0.4) is 0 Å². The van der Waals surface area contributed by atoms with Gasteiger partial charge in [0.1, 0.15) is 29.2 Å². The summed E-state index contributed by atoms with van der Waals surface area (Å²) in [5, 5.41) is 7.45. The number of hydrogen-bond acceptors (Lipinski definition) is 5. The second-order valence-electron chi connectivity index (χ2n) is 8.18. The maximum Gasteiger partial charge on any atom is 0.262 e. The molecule has 0 spiro atoms. The maximum atomic E-state index is 5.56. The number of aromatic amines is 2. The van der Waals surface area contributed by atoms with Crippen LogP contribution in [0.15, 0.2) is 36.8 Å². The molecule has 0 saturated heterocycles. The lowest BCUT2D eigenvalue weighted by atomic mass is 9.95. The number of rotatable bonds is 7. The SMILES string of the molecule is COc1cc(C)c(Cc2nc(-c3ccc(-[n+]4c[nH]c(C)c4)c(OC)n3)n[nH]2)cc1C(C)C. The Hall–Kier alpha value is -3.68. The number of methoxy groups -OCH3 is 2. The van der Waals surface area contributed by atoms with Crippen molar-refractivity contribution in [3.8, 4) is 28.8 Å². The number of hydrogen-bond donors (Lipinski definition) is 2. The molecule has 8 nitrogen and oxygen atoms in total. The lowest BCUT2D eigenvalue weighted by Crippen LogP contribution is -2.28. The molecule has 8 heteroatoms. The Balaban J connectivity index is 1.61. The molecule has 0 fully saturated rings. The number of nitrogens with zero attached hydrogens (tertiary/aromatic N) is 4. The minimum atomic E-state index is 0.367. The van der Waals surface area contributed by atoms with Crippen LogP contribution in [0.4, 0.5) is 0 Å². The summed E-state index contributed by atoms with van der Waals surface area (Å²) >= 11 is 0. The highest BCUT2D eigenvalue weighted by atomic mass is 16.5. The van der Waals surface area contributed by atoms with Gasteiger partial charge in [0.05, 0.1) is 14.2 Å². The minimum Gasteiger partial charge on any atom is -0.496 e. The maximum absolute atomic E-state index is 5.56. The molecule has 1 aromatic carbocycles.